The summed E-state index contributed by atoms with van der Waals surface area (Å²) in [5.41, 5.74) is 0.750. The molecular formula is C11H17N3O4. The zero-order valence-electron chi connectivity index (χ0n) is 10.0. The van der Waals surface area contributed by atoms with E-state index in [0.29, 0.717) is 5.82 Å². The number of aromatic nitrogens is 2. The average molecular weight is 255 g/mol. The SMILES string of the molecule is Cc1cncc(N[C@H]2COC(CO)[C@H](O)[C@@H]2O)n1. The molecule has 1 fully saturated rings. The highest BCUT2D eigenvalue weighted by Crippen LogP contribution is 2.18. The van der Waals surface area contributed by atoms with E-state index in [9.17, 15) is 10.2 Å². The third-order valence-electron chi connectivity index (χ3n) is 2.90. The van der Waals surface area contributed by atoms with Gasteiger partial charge in [0, 0.05) is 6.20 Å². The summed E-state index contributed by atoms with van der Waals surface area (Å²) in [6.07, 6.45) is 0.249. The van der Waals surface area contributed by atoms with E-state index in [1.165, 1.54) is 6.20 Å². The van der Waals surface area contributed by atoms with Crippen LogP contribution >= 0.6 is 0 Å². The third kappa shape index (κ3) is 2.75. The Balaban J connectivity index is 2.02. The van der Waals surface area contributed by atoms with E-state index in [2.05, 4.69) is 15.3 Å². The van der Waals surface area contributed by atoms with Crippen molar-refractivity contribution in [2.45, 2.75) is 31.3 Å². The third-order valence-corrected chi connectivity index (χ3v) is 2.90. The smallest absolute Gasteiger partial charge is 0.145 e. The van der Waals surface area contributed by atoms with E-state index >= 15 is 0 Å². The molecule has 1 aliphatic heterocycles. The first-order valence-electron chi connectivity index (χ1n) is 5.75. The lowest BCUT2D eigenvalue weighted by Gasteiger charge is -2.37. The zero-order valence-corrected chi connectivity index (χ0v) is 10.0. The maximum Gasteiger partial charge on any atom is 0.145 e. The van der Waals surface area contributed by atoms with Crippen molar-refractivity contribution < 1.29 is 20.1 Å². The molecule has 1 aromatic heterocycles. The van der Waals surface area contributed by atoms with Crippen LogP contribution in [0, 0.1) is 6.92 Å². The lowest BCUT2D eigenvalue weighted by Crippen LogP contribution is -2.56. The van der Waals surface area contributed by atoms with Crippen LogP contribution in [0.5, 0.6) is 0 Å². The minimum atomic E-state index is -1.13. The monoisotopic (exact) mass is 255 g/mol. The molecule has 2 heterocycles. The first-order valence-corrected chi connectivity index (χ1v) is 5.75. The number of hydrogen-bond donors (Lipinski definition) is 4. The van der Waals surface area contributed by atoms with Crippen molar-refractivity contribution in [2.75, 3.05) is 18.5 Å². The Labute approximate surface area is 104 Å². The van der Waals surface area contributed by atoms with E-state index in [-0.39, 0.29) is 13.2 Å². The molecule has 4 N–H and O–H groups in total. The average Bonchev–Trinajstić information content (AvgIpc) is 2.35. The van der Waals surface area contributed by atoms with Crippen molar-refractivity contribution in [3.8, 4) is 0 Å². The zero-order chi connectivity index (χ0) is 13.1. The van der Waals surface area contributed by atoms with Crippen LogP contribution in [-0.2, 0) is 4.74 Å². The number of nitrogens with one attached hydrogen (secondary N) is 1. The highest BCUT2D eigenvalue weighted by molar-refractivity contribution is 5.33. The molecule has 0 aliphatic carbocycles. The molecule has 2 rings (SSSR count). The highest BCUT2D eigenvalue weighted by atomic mass is 16.5. The number of anilines is 1. The van der Waals surface area contributed by atoms with Gasteiger partial charge in [0.25, 0.3) is 0 Å². The Morgan fingerprint density at radius 2 is 2.17 bits per heavy atom. The number of aliphatic hydroxyl groups is 3. The molecule has 1 unspecified atom stereocenters. The summed E-state index contributed by atoms with van der Waals surface area (Å²) < 4.78 is 5.25. The normalized spacial score (nSPS) is 32.2. The van der Waals surface area contributed by atoms with Gasteiger partial charge >= 0.3 is 0 Å². The Kier molecular flexibility index (Phi) is 4.07. The fraction of sp³-hybridized carbons (Fsp3) is 0.636. The van der Waals surface area contributed by atoms with Gasteiger partial charge in [-0.15, -0.1) is 0 Å². The molecule has 100 valence electrons. The van der Waals surface area contributed by atoms with Gasteiger partial charge in [0.15, 0.2) is 0 Å². The molecule has 1 aromatic rings. The fourth-order valence-electron chi connectivity index (χ4n) is 1.89. The highest BCUT2D eigenvalue weighted by Gasteiger charge is 2.38. The molecule has 18 heavy (non-hydrogen) atoms. The standard InChI is InChI=1S/C11H17N3O4/c1-6-2-12-3-9(13-6)14-7-5-18-8(4-15)11(17)10(7)16/h2-3,7-8,10-11,15-17H,4-5H2,1H3,(H,13,14)/t7-,8?,10+,11-/m0/s1. The van der Waals surface area contributed by atoms with Gasteiger partial charge < -0.3 is 25.4 Å². The van der Waals surface area contributed by atoms with E-state index in [1.807, 2.05) is 6.92 Å². The van der Waals surface area contributed by atoms with E-state index in [4.69, 9.17) is 9.84 Å². The first-order chi connectivity index (χ1) is 8.61. The van der Waals surface area contributed by atoms with Crippen molar-refractivity contribution in [1.82, 2.24) is 9.97 Å². The summed E-state index contributed by atoms with van der Waals surface area (Å²) in [5, 5.41) is 31.6. The van der Waals surface area contributed by atoms with Crippen molar-refractivity contribution in [1.29, 1.82) is 0 Å². The molecule has 0 bridgehead atoms. The predicted octanol–water partition coefficient (Wildman–Crippen LogP) is -1.32. The summed E-state index contributed by atoms with van der Waals surface area (Å²) in [6.45, 7) is 1.66. The second-order valence-electron chi connectivity index (χ2n) is 4.33. The molecule has 1 saturated heterocycles. The van der Waals surface area contributed by atoms with Gasteiger partial charge in [-0.25, -0.2) is 4.98 Å². The predicted molar refractivity (Wildman–Crippen MR) is 63.0 cm³/mol. The quantitative estimate of drug-likeness (QED) is 0.530. The molecule has 0 amide bonds. The van der Waals surface area contributed by atoms with Crippen molar-refractivity contribution in [3.63, 3.8) is 0 Å². The van der Waals surface area contributed by atoms with Gasteiger partial charge in [-0.1, -0.05) is 0 Å². The first kappa shape index (κ1) is 13.2. The summed E-state index contributed by atoms with van der Waals surface area (Å²) in [5.74, 6) is 0.511. The molecule has 0 spiro atoms. The van der Waals surface area contributed by atoms with Crippen LogP contribution in [0.1, 0.15) is 5.69 Å². The lowest BCUT2D eigenvalue weighted by atomic mass is 9.98. The van der Waals surface area contributed by atoms with Crippen molar-refractivity contribution >= 4 is 5.82 Å². The van der Waals surface area contributed by atoms with Gasteiger partial charge in [0.05, 0.1) is 31.1 Å². The van der Waals surface area contributed by atoms with Gasteiger partial charge in [-0.2, -0.15) is 0 Å². The Morgan fingerprint density at radius 3 is 2.83 bits per heavy atom. The lowest BCUT2D eigenvalue weighted by molar-refractivity contribution is -0.152. The van der Waals surface area contributed by atoms with E-state index in [1.54, 1.807) is 6.20 Å². The Morgan fingerprint density at radius 1 is 1.39 bits per heavy atom. The topological polar surface area (TPSA) is 108 Å². The molecule has 0 aromatic carbocycles. The maximum absolute atomic E-state index is 9.92. The minimum Gasteiger partial charge on any atom is -0.394 e. The van der Waals surface area contributed by atoms with E-state index < -0.39 is 24.4 Å². The molecule has 0 saturated carbocycles. The van der Waals surface area contributed by atoms with Crippen LogP contribution in [-0.4, -0.2) is 62.9 Å². The van der Waals surface area contributed by atoms with Gasteiger partial charge in [-0.05, 0) is 6.92 Å². The van der Waals surface area contributed by atoms with Crippen LogP contribution in [0.4, 0.5) is 5.82 Å². The number of aryl methyl sites for hydroxylation is 1. The molecular weight excluding hydrogens is 238 g/mol. The molecule has 7 heteroatoms. The van der Waals surface area contributed by atoms with Crippen LogP contribution in [0.15, 0.2) is 12.4 Å². The second kappa shape index (κ2) is 5.57. The Bertz CT molecular complexity index is 404. The summed E-state index contributed by atoms with van der Waals surface area (Å²) in [4.78, 5) is 8.17. The van der Waals surface area contributed by atoms with Gasteiger partial charge in [0.2, 0.25) is 0 Å². The van der Waals surface area contributed by atoms with Gasteiger partial charge in [-0.3, -0.25) is 4.98 Å². The summed E-state index contributed by atoms with van der Waals surface area (Å²) >= 11 is 0. The second-order valence-corrected chi connectivity index (χ2v) is 4.33. The van der Waals surface area contributed by atoms with E-state index in [0.717, 1.165) is 5.69 Å². The molecule has 1 aliphatic rings. The fourth-order valence-corrected chi connectivity index (χ4v) is 1.89. The molecule has 7 nitrogen and oxygen atoms in total. The number of hydrogen-bond acceptors (Lipinski definition) is 7. The summed E-state index contributed by atoms with van der Waals surface area (Å²) in [6, 6.07) is -0.487. The Hall–Kier alpha value is -1.28. The van der Waals surface area contributed by atoms with Crippen molar-refractivity contribution in [2.24, 2.45) is 0 Å². The maximum atomic E-state index is 9.92. The number of ether oxygens (including phenoxy) is 1. The van der Waals surface area contributed by atoms with Crippen LogP contribution in [0.2, 0.25) is 0 Å². The van der Waals surface area contributed by atoms with Crippen LogP contribution in [0.3, 0.4) is 0 Å². The number of aliphatic hydroxyl groups excluding tert-OH is 3. The van der Waals surface area contributed by atoms with Crippen LogP contribution in [0.25, 0.3) is 0 Å². The van der Waals surface area contributed by atoms with Crippen molar-refractivity contribution in [3.05, 3.63) is 18.1 Å². The van der Waals surface area contributed by atoms with Crippen LogP contribution < -0.4 is 5.32 Å². The molecule has 4 atom stereocenters. The number of nitrogens with zero attached hydrogens (tertiary/aromatic N) is 2. The summed E-state index contributed by atoms with van der Waals surface area (Å²) in [7, 11) is 0. The minimum absolute atomic E-state index is 0.180. The molecule has 0 radical (unpaired) electrons. The van der Waals surface area contributed by atoms with Gasteiger partial charge in [0.1, 0.15) is 24.1 Å². The largest absolute Gasteiger partial charge is 0.394 e. The number of rotatable bonds is 3.